The van der Waals surface area contributed by atoms with E-state index in [0.717, 1.165) is 62.6 Å². The molecule has 25 heavy (non-hydrogen) atoms. The Morgan fingerprint density at radius 1 is 0.920 bits per heavy atom. The van der Waals surface area contributed by atoms with Crippen LogP contribution in [0, 0.1) is 0 Å². The highest BCUT2D eigenvalue weighted by Crippen LogP contribution is 2.20. The van der Waals surface area contributed by atoms with Gasteiger partial charge in [-0.05, 0) is 36.6 Å². The lowest BCUT2D eigenvalue weighted by Crippen LogP contribution is -2.46. The van der Waals surface area contributed by atoms with Gasteiger partial charge in [0.05, 0.1) is 0 Å². The van der Waals surface area contributed by atoms with Gasteiger partial charge < -0.3 is 9.80 Å². The van der Waals surface area contributed by atoms with E-state index in [0.29, 0.717) is 0 Å². The molecule has 2 aliphatic rings. The van der Waals surface area contributed by atoms with Crippen molar-refractivity contribution in [3.05, 3.63) is 47.1 Å². The van der Waals surface area contributed by atoms with Crippen LogP contribution in [-0.2, 0) is 6.54 Å². The van der Waals surface area contributed by atoms with E-state index in [-0.39, 0.29) is 0 Å². The molecule has 0 radical (unpaired) electrons. The molecule has 0 N–H and O–H groups in total. The number of hydrogen-bond acceptors (Lipinski definition) is 5. The summed E-state index contributed by atoms with van der Waals surface area (Å²) in [5, 5.41) is 0.812. The van der Waals surface area contributed by atoms with Crippen molar-refractivity contribution in [3.8, 4) is 0 Å². The van der Waals surface area contributed by atoms with Gasteiger partial charge in [-0.15, -0.1) is 0 Å². The zero-order valence-corrected chi connectivity index (χ0v) is 15.2. The molecule has 5 nitrogen and oxygen atoms in total. The second-order valence-corrected chi connectivity index (χ2v) is 7.24. The maximum Gasteiger partial charge on any atom is 0.227 e. The van der Waals surface area contributed by atoms with E-state index >= 15 is 0 Å². The molecular formula is C19H24ClN5. The van der Waals surface area contributed by atoms with Crippen molar-refractivity contribution in [2.24, 2.45) is 0 Å². The minimum atomic E-state index is 0.812. The van der Waals surface area contributed by atoms with Gasteiger partial charge in [0.15, 0.2) is 0 Å². The fraction of sp³-hybridized carbons (Fsp3) is 0.474. The van der Waals surface area contributed by atoms with Crippen molar-refractivity contribution in [3.63, 3.8) is 0 Å². The molecule has 0 amide bonds. The van der Waals surface area contributed by atoms with E-state index in [9.17, 15) is 0 Å². The number of halogens is 1. The molecule has 1 aromatic heterocycles. The lowest BCUT2D eigenvalue weighted by Gasteiger charge is -2.35. The summed E-state index contributed by atoms with van der Waals surface area (Å²) < 4.78 is 0. The first kappa shape index (κ1) is 16.6. The summed E-state index contributed by atoms with van der Waals surface area (Å²) >= 11 is 6.09. The predicted octanol–water partition coefficient (Wildman–Crippen LogP) is 3.05. The third-order valence-electron chi connectivity index (χ3n) is 5.01. The smallest absolute Gasteiger partial charge is 0.227 e. The summed E-state index contributed by atoms with van der Waals surface area (Å²) in [5.74, 6) is 1.94. The van der Waals surface area contributed by atoms with Crippen LogP contribution in [-0.4, -0.2) is 54.1 Å². The predicted molar refractivity (Wildman–Crippen MR) is 102 cm³/mol. The van der Waals surface area contributed by atoms with Gasteiger partial charge in [-0.1, -0.05) is 23.7 Å². The number of anilines is 2. The van der Waals surface area contributed by atoms with Crippen molar-refractivity contribution in [1.29, 1.82) is 0 Å². The Kier molecular flexibility index (Phi) is 5.04. The molecule has 132 valence electrons. The Hall–Kier alpha value is -1.85. The van der Waals surface area contributed by atoms with Gasteiger partial charge in [0.2, 0.25) is 5.95 Å². The van der Waals surface area contributed by atoms with Crippen molar-refractivity contribution >= 4 is 23.4 Å². The Labute approximate surface area is 154 Å². The van der Waals surface area contributed by atoms with Crippen molar-refractivity contribution in [2.45, 2.75) is 19.4 Å². The molecular weight excluding hydrogens is 334 g/mol. The van der Waals surface area contributed by atoms with E-state index in [1.807, 2.05) is 24.4 Å². The summed E-state index contributed by atoms with van der Waals surface area (Å²) in [6, 6.07) is 10.2. The van der Waals surface area contributed by atoms with Gasteiger partial charge >= 0.3 is 0 Å². The minimum Gasteiger partial charge on any atom is -0.354 e. The fourth-order valence-corrected chi connectivity index (χ4v) is 3.83. The Balaban J connectivity index is 1.36. The Morgan fingerprint density at radius 2 is 1.72 bits per heavy atom. The maximum atomic E-state index is 6.09. The van der Waals surface area contributed by atoms with Crippen LogP contribution < -0.4 is 9.80 Å². The van der Waals surface area contributed by atoms with Crippen LogP contribution in [0.4, 0.5) is 11.8 Å². The zero-order chi connectivity index (χ0) is 17.1. The van der Waals surface area contributed by atoms with Crippen molar-refractivity contribution in [1.82, 2.24) is 14.9 Å². The fourth-order valence-electron chi connectivity index (χ4n) is 3.61. The monoisotopic (exact) mass is 357 g/mol. The van der Waals surface area contributed by atoms with Crippen LogP contribution in [0.5, 0.6) is 0 Å². The van der Waals surface area contributed by atoms with Gasteiger partial charge in [-0.2, -0.15) is 4.98 Å². The van der Waals surface area contributed by atoms with Crippen LogP contribution in [0.2, 0.25) is 5.02 Å². The van der Waals surface area contributed by atoms with Crippen LogP contribution in [0.1, 0.15) is 18.4 Å². The minimum absolute atomic E-state index is 0.812. The highest BCUT2D eigenvalue weighted by molar-refractivity contribution is 6.30. The molecule has 0 saturated carbocycles. The van der Waals surface area contributed by atoms with Gasteiger partial charge in [-0.25, -0.2) is 4.98 Å². The maximum absolute atomic E-state index is 6.09. The molecule has 4 rings (SSSR count). The lowest BCUT2D eigenvalue weighted by atomic mass is 10.2. The van der Waals surface area contributed by atoms with E-state index < -0.39 is 0 Å². The van der Waals surface area contributed by atoms with Crippen LogP contribution in [0.3, 0.4) is 0 Å². The number of hydrogen-bond donors (Lipinski definition) is 0. The van der Waals surface area contributed by atoms with E-state index in [4.69, 9.17) is 16.6 Å². The average Bonchev–Trinajstić information content (AvgIpc) is 3.17. The molecule has 2 fully saturated rings. The summed E-state index contributed by atoms with van der Waals surface area (Å²) in [6.07, 6.45) is 4.39. The summed E-state index contributed by atoms with van der Waals surface area (Å²) in [4.78, 5) is 16.4. The largest absolute Gasteiger partial charge is 0.354 e. The standard InChI is InChI=1S/C19H24ClN5/c20-17-5-3-4-16(14-17)15-23-10-12-24(13-11-23)18-6-7-21-19(22-18)25-8-1-2-9-25/h3-7,14H,1-2,8-13,15H2. The first-order valence-electron chi connectivity index (χ1n) is 9.08. The zero-order valence-electron chi connectivity index (χ0n) is 14.4. The number of benzene rings is 1. The van der Waals surface area contributed by atoms with Crippen LogP contribution >= 0.6 is 11.6 Å². The third kappa shape index (κ3) is 4.05. The number of aromatic nitrogens is 2. The molecule has 0 aliphatic carbocycles. The number of piperazine rings is 1. The number of rotatable bonds is 4. The van der Waals surface area contributed by atoms with E-state index in [1.165, 1.54) is 18.4 Å². The summed E-state index contributed by atoms with van der Waals surface area (Å²) in [7, 11) is 0. The second kappa shape index (κ2) is 7.58. The summed E-state index contributed by atoms with van der Waals surface area (Å²) in [5.41, 5.74) is 1.28. The molecule has 1 aromatic carbocycles. The Bertz CT molecular complexity index is 708. The second-order valence-electron chi connectivity index (χ2n) is 6.80. The van der Waals surface area contributed by atoms with E-state index in [2.05, 4.69) is 31.8 Å². The number of nitrogens with zero attached hydrogens (tertiary/aromatic N) is 5. The van der Waals surface area contributed by atoms with Crippen molar-refractivity contribution in [2.75, 3.05) is 49.1 Å². The van der Waals surface area contributed by atoms with Gasteiger partial charge in [0.1, 0.15) is 5.82 Å². The SMILES string of the molecule is Clc1cccc(CN2CCN(c3ccnc(N4CCCC4)n3)CC2)c1. The third-order valence-corrected chi connectivity index (χ3v) is 5.24. The van der Waals surface area contributed by atoms with Crippen LogP contribution in [0.15, 0.2) is 36.5 Å². The normalized spacial score (nSPS) is 18.8. The van der Waals surface area contributed by atoms with Gasteiger partial charge in [0, 0.05) is 57.0 Å². The first-order chi connectivity index (χ1) is 12.3. The first-order valence-corrected chi connectivity index (χ1v) is 9.45. The molecule has 0 atom stereocenters. The summed E-state index contributed by atoms with van der Waals surface area (Å²) in [6.45, 7) is 7.18. The molecule has 3 heterocycles. The lowest BCUT2D eigenvalue weighted by molar-refractivity contribution is 0.249. The molecule has 0 spiro atoms. The molecule has 2 saturated heterocycles. The quantitative estimate of drug-likeness (QED) is 0.840. The molecule has 0 bridgehead atoms. The van der Waals surface area contributed by atoms with Gasteiger partial charge in [-0.3, -0.25) is 4.90 Å². The van der Waals surface area contributed by atoms with Gasteiger partial charge in [0.25, 0.3) is 0 Å². The molecule has 2 aromatic rings. The highest BCUT2D eigenvalue weighted by Gasteiger charge is 2.20. The average molecular weight is 358 g/mol. The van der Waals surface area contributed by atoms with Crippen LogP contribution in [0.25, 0.3) is 0 Å². The van der Waals surface area contributed by atoms with E-state index in [1.54, 1.807) is 0 Å². The molecule has 6 heteroatoms. The van der Waals surface area contributed by atoms with Crippen molar-refractivity contribution < 1.29 is 0 Å². The Morgan fingerprint density at radius 3 is 2.48 bits per heavy atom. The molecule has 2 aliphatic heterocycles. The molecule has 0 unspecified atom stereocenters. The topological polar surface area (TPSA) is 35.5 Å². The highest BCUT2D eigenvalue weighted by atomic mass is 35.5.